The van der Waals surface area contributed by atoms with Crippen LogP contribution in [0.25, 0.3) is 11.0 Å². The molecular weight excluding hydrogens is 292 g/mol. The molecule has 116 valence electrons. The molecule has 0 bridgehead atoms. The molecule has 1 amide bonds. The van der Waals surface area contributed by atoms with Gasteiger partial charge in [0.25, 0.3) is 5.91 Å². The Bertz CT molecular complexity index is 927. The van der Waals surface area contributed by atoms with Gasteiger partial charge in [0, 0.05) is 29.4 Å². The summed E-state index contributed by atoms with van der Waals surface area (Å²) < 4.78 is 5.18. The number of aryl methyl sites for hydroxylation is 2. The number of benzene rings is 1. The van der Waals surface area contributed by atoms with Crippen molar-refractivity contribution in [3.63, 3.8) is 0 Å². The first-order valence-corrected chi connectivity index (χ1v) is 7.37. The van der Waals surface area contributed by atoms with Gasteiger partial charge in [0.1, 0.15) is 11.3 Å². The highest BCUT2D eigenvalue weighted by Gasteiger charge is 2.09. The van der Waals surface area contributed by atoms with Crippen molar-refractivity contribution in [2.24, 2.45) is 0 Å². The van der Waals surface area contributed by atoms with Gasteiger partial charge in [0.15, 0.2) is 0 Å². The third-order valence-electron chi connectivity index (χ3n) is 3.67. The number of pyridine rings is 1. The van der Waals surface area contributed by atoms with Gasteiger partial charge in [0.05, 0.1) is 0 Å². The van der Waals surface area contributed by atoms with E-state index >= 15 is 0 Å². The van der Waals surface area contributed by atoms with Crippen LogP contribution in [-0.4, -0.2) is 10.9 Å². The van der Waals surface area contributed by atoms with E-state index in [0.29, 0.717) is 17.0 Å². The van der Waals surface area contributed by atoms with Crippen molar-refractivity contribution in [1.82, 2.24) is 4.98 Å². The van der Waals surface area contributed by atoms with Gasteiger partial charge >= 0.3 is 5.63 Å². The van der Waals surface area contributed by atoms with E-state index in [-0.39, 0.29) is 5.91 Å². The van der Waals surface area contributed by atoms with Crippen molar-refractivity contribution in [3.05, 3.63) is 69.8 Å². The molecule has 0 aliphatic rings. The molecule has 1 N–H and O–H groups in total. The quantitative estimate of drug-likeness (QED) is 0.753. The van der Waals surface area contributed by atoms with Crippen molar-refractivity contribution >= 4 is 22.6 Å². The minimum atomic E-state index is -0.407. The monoisotopic (exact) mass is 308 g/mol. The third kappa shape index (κ3) is 3.13. The van der Waals surface area contributed by atoms with Gasteiger partial charge in [0.2, 0.25) is 0 Å². The Balaban J connectivity index is 1.88. The topological polar surface area (TPSA) is 72.2 Å². The zero-order chi connectivity index (χ0) is 16.4. The molecule has 5 heteroatoms. The average Bonchev–Trinajstić information content (AvgIpc) is 2.54. The highest BCUT2D eigenvalue weighted by Crippen LogP contribution is 2.21. The van der Waals surface area contributed by atoms with Crippen LogP contribution in [0.5, 0.6) is 0 Å². The van der Waals surface area contributed by atoms with Crippen LogP contribution in [0.3, 0.4) is 0 Å². The number of rotatable bonds is 3. The van der Waals surface area contributed by atoms with Crippen molar-refractivity contribution in [2.75, 3.05) is 5.32 Å². The van der Waals surface area contributed by atoms with Crippen LogP contribution >= 0.6 is 0 Å². The smallest absolute Gasteiger partial charge is 0.336 e. The van der Waals surface area contributed by atoms with E-state index < -0.39 is 5.63 Å². The number of carbonyl (C=O) groups excluding carboxylic acids is 1. The minimum Gasteiger partial charge on any atom is -0.423 e. The number of aromatic nitrogens is 1. The zero-order valence-electron chi connectivity index (χ0n) is 12.9. The molecule has 3 aromatic rings. The largest absolute Gasteiger partial charge is 0.423 e. The second kappa shape index (κ2) is 6.04. The van der Waals surface area contributed by atoms with Gasteiger partial charge in [-0.05, 0) is 42.7 Å². The van der Waals surface area contributed by atoms with Crippen molar-refractivity contribution in [1.29, 1.82) is 0 Å². The Labute approximate surface area is 133 Å². The van der Waals surface area contributed by atoms with E-state index in [1.54, 1.807) is 24.4 Å². The predicted octanol–water partition coefficient (Wildman–Crippen LogP) is 3.31. The minimum absolute atomic E-state index is 0.304. The van der Waals surface area contributed by atoms with Crippen molar-refractivity contribution in [2.45, 2.75) is 20.3 Å². The summed E-state index contributed by atoms with van der Waals surface area (Å²) in [6, 6.07) is 10.2. The standard InChI is InChI=1S/C18H16N2O3/c1-3-12-4-7-15(19-10-12)18(22)20-13-5-6-14-11(2)8-17(21)23-16(14)9-13/h4-10H,3H2,1-2H3,(H,20,22). The number of anilines is 1. The van der Waals surface area contributed by atoms with Crippen LogP contribution < -0.4 is 10.9 Å². The second-order valence-electron chi connectivity index (χ2n) is 5.32. The van der Waals surface area contributed by atoms with E-state index in [1.807, 2.05) is 26.0 Å². The summed E-state index contributed by atoms with van der Waals surface area (Å²) in [6.45, 7) is 3.87. The predicted molar refractivity (Wildman–Crippen MR) is 88.8 cm³/mol. The maximum absolute atomic E-state index is 12.2. The van der Waals surface area contributed by atoms with Crippen LogP contribution in [-0.2, 0) is 6.42 Å². The first-order valence-electron chi connectivity index (χ1n) is 7.37. The molecule has 23 heavy (non-hydrogen) atoms. The summed E-state index contributed by atoms with van der Waals surface area (Å²) in [5, 5.41) is 3.60. The van der Waals surface area contributed by atoms with Crippen molar-refractivity contribution in [3.8, 4) is 0 Å². The van der Waals surface area contributed by atoms with Gasteiger partial charge in [-0.3, -0.25) is 9.78 Å². The highest BCUT2D eigenvalue weighted by molar-refractivity contribution is 6.03. The van der Waals surface area contributed by atoms with Crippen molar-refractivity contribution < 1.29 is 9.21 Å². The SMILES string of the molecule is CCc1ccc(C(=O)Nc2ccc3c(C)cc(=O)oc3c2)nc1. The fourth-order valence-corrected chi connectivity index (χ4v) is 2.37. The molecule has 1 aromatic carbocycles. The molecular formula is C18H16N2O3. The lowest BCUT2D eigenvalue weighted by molar-refractivity contribution is 0.102. The Hall–Kier alpha value is -2.95. The van der Waals surface area contributed by atoms with Gasteiger partial charge < -0.3 is 9.73 Å². The Morgan fingerprint density at radius 2 is 2.04 bits per heavy atom. The summed E-state index contributed by atoms with van der Waals surface area (Å²) in [7, 11) is 0. The molecule has 0 fully saturated rings. The second-order valence-corrected chi connectivity index (χ2v) is 5.32. The van der Waals surface area contributed by atoms with E-state index in [2.05, 4.69) is 10.3 Å². The molecule has 0 aliphatic carbocycles. The lowest BCUT2D eigenvalue weighted by Gasteiger charge is -2.07. The number of fused-ring (bicyclic) bond motifs is 1. The van der Waals surface area contributed by atoms with E-state index in [1.165, 1.54) is 6.07 Å². The summed E-state index contributed by atoms with van der Waals surface area (Å²) in [6.07, 6.45) is 2.57. The molecule has 0 atom stereocenters. The molecule has 0 unspecified atom stereocenters. The molecule has 0 aliphatic heterocycles. The van der Waals surface area contributed by atoms with E-state index in [0.717, 1.165) is 22.9 Å². The average molecular weight is 308 g/mol. The maximum Gasteiger partial charge on any atom is 0.336 e. The summed E-state index contributed by atoms with van der Waals surface area (Å²) in [4.78, 5) is 27.8. The molecule has 2 aromatic heterocycles. The number of hydrogen-bond acceptors (Lipinski definition) is 4. The molecule has 3 rings (SSSR count). The number of carbonyl (C=O) groups is 1. The molecule has 0 saturated carbocycles. The lowest BCUT2D eigenvalue weighted by Crippen LogP contribution is -2.13. The molecule has 0 saturated heterocycles. The van der Waals surface area contributed by atoms with Gasteiger partial charge in [-0.15, -0.1) is 0 Å². The van der Waals surface area contributed by atoms with Gasteiger partial charge in [-0.25, -0.2) is 4.79 Å². The fourth-order valence-electron chi connectivity index (χ4n) is 2.37. The Morgan fingerprint density at radius 3 is 2.74 bits per heavy atom. The lowest BCUT2D eigenvalue weighted by atomic mass is 10.1. The van der Waals surface area contributed by atoms with E-state index in [4.69, 9.17) is 4.42 Å². The molecule has 2 heterocycles. The van der Waals surface area contributed by atoms with Gasteiger partial charge in [-0.2, -0.15) is 0 Å². The fraction of sp³-hybridized carbons (Fsp3) is 0.167. The van der Waals surface area contributed by atoms with Crippen LogP contribution in [0.15, 0.2) is 51.8 Å². The Kier molecular flexibility index (Phi) is 3.93. The number of nitrogens with zero attached hydrogens (tertiary/aromatic N) is 1. The summed E-state index contributed by atoms with van der Waals surface area (Å²) >= 11 is 0. The first kappa shape index (κ1) is 15.0. The number of nitrogens with one attached hydrogen (secondary N) is 1. The number of amides is 1. The summed E-state index contributed by atoms with van der Waals surface area (Å²) in [5.41, 5.74) is 2.85. The number of hydrogen-bond donors (Lipinski definition) is 1. The summed E-state index contributed by atoms with van der Waals surface area (Å²) in [5.74, 6) is -0.304. The zero-order valence-corrected chi connectivity index (χ0v) is 12.9. The Morgan fingerprint density at radius 1 is 1.22 bits per heavy atom. The van der Waals surface area contributed by atoms with Crippen LogP contribution in [0.2, 0.25) is 0 Å². The van der Waals surface area contributed by atoms with Crippen LogP contribution in [0.1, 0.15) is 28.5 Å². The highest BCUT2D eigenvalue weighted by atomic mass is 16.4. The normalized spacial score (nSPS) is 10.7. The van der Waals surface area contributed by atoms with E-state index in [9.17, 15) is 9.59 Å². The maximum atomic E-state index is 12.2. The van der Waals surface area contributed by atoms with Crippen LogP contribution in [0.4, 0.5) is 5.69 Å². The first-order chi connectivity index (χ1) is 11.1. The molecule has 0 spiro atoms. The molecule has 0 radical (unpaired) electrons. The van der Waals surface area contributed by atoms with Gasteiger partial charge in [-0.1, -0.05) is 13.0 Å². The van der Waals surface area contributed by atoms with Crippen LogP contribution in [0, 0.1) is 6.92 Å². The molecule has 5 nitrogen and oxygen atoms in total. The third-order valence-corrected chi connectivity index (χ3v) is 3.67.